The van der Waals surface area contributed by atoms with Crippen LogP contribution in [0.5, 0.6) is 0 Å². The summed E-state index contributed by atoms with van der Waals surface area (Å²) < 4.78 is 1.70. The highest BCUT2D eigenvalue weighted by atomic mass is 16.4. The number of carboxylic acid groups (broad SMARTS) is 1. The van der Waals surface area contributed by atoms with Gasteiger partial charge < -0.3 is 5.11 Å². The molecule has 15 heavy (non-hydrogen) atoms. The van der Waals surface area contributed by atoms with E-state index in [1.807, 2.05) is 6.20 Å². The van der Waals surface area contributed by atoms with Crippen molar-refractivity contribution in [3.63, 3.8) is 0 Å². The summed E-state index contributed by atoms with van der Waals surface area (Å²) in [5.74, 6) is -0.772. The molecule has 0 aliphatic carbocycles. The number of hydrogen-bond acceptors (Lipinski definition) is 3. The van der Waals surface area contributed by atoms with Gasteiger partial charge in [-0.05, 0) is 6.42 Å². The Kier molecular flexibility index (Phi) is 3.44. The molecule has 0 saturated carbocycles. The van der Waals surface area contributed by atoms with Crippen LogP contribution in [0, 0.1) is 0 Å². The molecule has 0 atom stereocenters. The van der Waals surface area contributed by atoms with Gasteiger partial charge in [-0.15, -0.1) is 5.10 Å². The average molecular weight is 211 g/mol. The van der Waals surface area contributed by atoms with Crippen molar-refractivity contribution in [2.75, 3.05) is 0 Å². The van der Waals surface area contributed by atoms with Crippen molar-refractivity contribution in [3.8, 4) is 0 Å². The second kappa shape index (κ2) is 4.42. The molecule has 1 aromatic heterocycles. The first-order valence-corrected chi connectivity index (χ1v) is 5.02. The molecule has 0 bridgehead atoms. The van der Waals surface area contributed by atoms with Gasteiger partial charge in [-0.3, -0.25) is 9.48 Å². The van der Waals surface area contributed by atoms with Gasteiger partial charge in [0.2, 0.25) is 0 Å². The van der Waals surface area contributed by atoms with E-state index in [1.165, 1.54) is 0 Å². The van der Waals surface area contributed by atoms with Crippen LogP contribution in [0.25, 0.3) is 0 Å². The number of carbonyl (C=O) groups is 1. The van der Waals surface area contributed by atoms with Gasteiger partial charge in [0.25, 0.3) is 0 Å². The largest absolute Gasteiger partial charge is 0.481 e. The van der Waals surface area contributed by atoms with Gasteiger partial charge in [0.15, 0.2) is 0 Å². The molecule has 0 aliphatic heterocycles. The van der Waals surface area contributed by atoms with E-state index in [4.69, 9.17) is 5.11 Å². The van der Waals surface area contributed by atoms with Gasteiger partial charge in [0.05, 0.1) is 5.69 Å². The molecule has 1 rings (SSSR count). The molecule has 0 radical (unpaired) electrons. The van der Waals surface area contributed by atoms with Crippen LogP contribution in [0.4, 0.5) is 0 Å². The lowest BCUT2D eigenvalue weighted by Gasteiger charge is -2.12. The number of aliphatic carboxylic acids is 1. The number of aromatic nitrogens is 3. The molecule has 1 heterocycles. The summed E-state index contributed by atoms with van der Waals surface area (Å²) in [7, 11) is 0. The topological polar surface area (TPSA) is 68.0 Å². The minimum absolute atomic E-state index is 0.00888. The third kappa shape index (κ3) is 3.69. The van der Waals surface area contributed by atoms with E-state index >= 15 is 0 Å². The van der Waals surface area contributed by atoms with Gasteiger partial charge in [0, 0.05) is 24.6 Å². The van der Waals surface area contributed by atoms with Crippen molar-refractivity contribution in [1.29, 1.82) is 0 Å². The fraction of sp³-hybridized carbons (Fsp3) is 0.700. The highest BCUT2D eigenvalue weighted by Gasteiger charge is 2.17. The van der Waals surface area contributed by atoms with Crippen LogP contribution < -0.4 is 0 Å². The van der Waals surface area contributed by atoms with Crippen LogP contribution in [0.1, 0.15) is 39.3 Å². The van der Waals surface area contributed by atoms with Gasteiger partial charge in [-0.1, -0.05) is 26.0 Å². The molecular formula is C10H17N3O2. The lowest BCUT2D eigenvalue weighted by molar-refractivity contribution is -0.137. The zero-order chi connectivity index (χ0) is 11.5. The molecule has 0 spiro atoms. The minimum Gasteiger partial charge on any atom is -0.481 e. The fourth-order valence-corrected chi connectivity index (χ4v) is 1.14. The monoisotopic (exact) mass is 211 g/mol. The molecule has 0 unspecified atom stereocenters. The van der Waals surface area contributed by atoms with E-state index in [-0.39, 0.29) is 11.8 Å². The molecular weight excluding hydrogens is 194 g/mol. The maximum Gasteiger partial charge on any atom is 0.303 e. The van der Waals surface area contributed by atoms with Crippen molar-refractivity contribution in [2.24, 2.45) is 0 Å². The average Bonchev–Trinajstić information content (AvgIpc) is 2.51. The van der Waals surface area contributed by atoms with E-state index in [1.54, 1.807) is 4.68 Å². The SMILES string of the molecule is CC(C)(C)c1cn(CCCC(=O)O)nn1. The quantitative estimate of drug-likeness (QED) is 0.818. The van der Waals surface area contributed by atoms with Crippen LogP contribution in [0.3, 0.4) is 0 Å². The summed E-state index contributed by atoms with van der Waals surface area (Å²) in [6.45, 7) is 6.81. The second-order valence-corrected chi connectivity index (χ2v) is 4.61. The summed E-state index contributed by atoms with van der Waals surface area (Å²) in [6, 6.07) is 0. The molecule has 0 aliphatic rings. The van der Waals surface area contributed by atoms with Crippen molar-refractivity contribution in [2.45, 2.75) is 45.6 Å². The Morgan fingerprint density at radius 3 is 2.67 bits per heavy atom. The van der Waals surface area contributed by atoms with E-state index < -0.39 is 5.97 Å². The van der Waals surface area contributed by atoms with Gasteiger partial charge >= 0.3 is 5.97 Å². The Bertz CT molecular complexity index is 339. The van der Waals surface area contributed by atoms with Gasteiger partial charge in [-0.25, -0.2) is 0 Å². The smallest absolute Gasteiger partial charge is 0.303 e. The first-order valence-electron chi connectivity index (χ1n) is 5.02. The molecule has 0 saturated heterocycles. The summed E-state index contributed by atoms with van der Waals surface area (Å²) in [4.78, 5) is 10.3. The van der Waals surface area contributed by atoms with Crippen LogP contribution >= 0.6 is 0 Å². The molecule has 1 aromatic rings. The Morgan fingerprint density at radius 2 is 2.20 bits per heavy atom. The lowest BCUT2D eigenvalue weighted by Crippen LogP contribution is -2.11. The predicted octanol–water partition coefficient (Wildman–Crippen LogP) is 1.44. The number of hydrogen-bond donors (Lipinski definition) is 1. The second-order valence-electron chi connectivity index (χ2n) is 4.61. The van der Waals surface area contributed by atoms with Crippen LogP contribution in [0.15, 0.2) is 6.20 Å². The maximum absolute atomic E-state index is 10.3. The van der Waals surface area contributed by atoms with Crippen molar-refractivity contribution in [3.05, 3.63) is 11.9 Å². The Balaban J connectivity index is 2.50. The van der Waals surface area contributed by atoms with Crippen molar-refractivity contribution < 1.29 is 9.90 Å². The highest BCUT2D eigenvalue weighted by molar-refractivity contribution is 5.66. The zero-order valence-corrected chi connectivity index (χ0v) is 9.40. The van der Waals surface area contributed by atoms with Gasteiger partial charge in [-0.2, -0.15) is 0 Å². The molecule has 5 nitrogen and oxygen atoms in total. The Hall–Kier alpha value is -1.39. The maximum atomic E-state index is 10.3. The van der Waals surface area contributed by atoms with Crippen LogP contribution in [-0.2, 0) is 16.8 Å². The van der Waals surface area contributed by atoms with E-state index in [0.717, 1.165) is 5.69 Å². The number of nitrogens with zero attached hydrogens (tertiary/aromatic N) is 3. The third-order valence-corrected chi connectivity index (χ3v) is 2.08. The standard InChI is InChI=1S/C10H17N3O2/c1-10(2,3)8-7-13(12-11-8)6-4-5-9(14)15/h7H,4-6H2,1-3H3,(H,14,15). The van der Waals surface area contributed by atoms with Crippen molar-refractivity contribution >= 4 is 5.97 Å². The number of rotatable bonds is 4. The normalized spacial score (nSPS) is 11.7. The van der Waals surface area contributed by atoms with Crippen LogP contribution in [0.2, 0.25) is 0 Å². The highest BCUT2D eigenvalue weighted by Crippen LogP contribution is 2.18. The summed E-state index contributed by atoms with van der Waals surface area (Å²) in [6.07, 6.45) is 2.63. The van der Waals surface area contributed by atoms with Gasteiger partial charge in [0.1, 0.15) is 0 Å². The molecule has 0 aromatic carbocycles. The van der Waals surface area contributed by atoms with Crippen molar-refractivity contribution in [1.82, 2.24) is 15.0 Å². The lowest BCUT2D eigenvalue weighted by atomic mass is 9.93. The molecule has 0 fully saturated rings. The molecule has 5 heteroatoms. The van der Waals surface area contributed by atoms with E-state index in [0.29, 0.717) is 13.0 Å². The molecule has 0 amide bonds. The van der Waals surface area contributed by atoms with E-state index in [2.05, 4.69) is 31.1 Å². The summed E-state index contributed by atoms with van der Waals surface area (Å²) >= 11 is 0. The molecule has 1 N–H and O–H groups in total. The Labute approximate surface area is 89.1 Å². The summed E-state index contributed by atoms with van der Waals surface area (Å²) in [5, 5.41) is 16.5. The minimum atomic E-state index is -0.772. The first kappa shape index (κ1) is 11.7. The zero-order valence-electron chi connectivity index (χ0n) is 9.40. The predicted molar refractivity (Wildman–Crippen MR) is 55.6 cm³/mol. The van der Waals surface area contributed by atoms with E-state index in [9.17, 15) is 4.79 Å². The first-order chi connectivity index (χ1) is 6.89. The fourth-order valence-electron chi connectivity index (χ4n) is 1.14. The molecule has 84 valence electrons. The summed E-state index contributed by atoms with van der Waals surface area (Å²) in [5.41, 5.74) is 0.920. The Morgan fingerprint density at radius 1 is 1.53 bits per heavy atom. The number of aryl methyl sites for hydroxylation is 1. The number of carboxylic acids is 1. The third-order valence-electron chi connectivity index (χ3n) is 2.08. The van der Waals surface area contributed by atoms with Crippen LogP contribution in [-0.4, -0.2) is 26.1 Å².